The number of benzene rings is 1. The van der Waals surface area contributed by atoms with Crippen molar-refractivity contribution in [2.45, 2.75) is 39.0 Å². The highest BCUT2D eigenvalue weighted by Gasteiger charge is 2.27. The van der Waals surface area contributed by atoms with E-state index >= 15 is 0 Å². The molecule has 0 radical (unpaired) electrons. The molecule has 1 atom stereocenters. The van der Waals surface area contributed by atoms with E-state index in [1.54, 1.807) is 7.11 Å². The largest absolute Gasteiger partial charge is 0.496 e. The molecule has 2 N–H and O–H groups in total. The van der Waals surface area contributed by atoms with Crippen LogP contribution >= 0.6 is 0 Å². The highest BCUT2D eigenvalue weighted by molar-refractivity contribution is 5.82. The molecule has 1 heterocycles. The number of nitriles is 1. The number of rotatable bonds is 4. The molecule has 4 heteroatoms. The van der Waals surface area contributed by atoms with Crippen LogP contribution in [0, 0.1) is 17.2 Å². The van der Waals surface area contributed by atoms with Gasteiger partial charge in [-0.2, -0.15) is 5.26 Å². The van der Waals surface area contributed by atoms with Gasteiger partial charge >= 0.3 is 0 Å². The summed E-state index contributed by atoms with van der Waals surface area (Å²) in [6.07, 6.45) is 5.41. The van der Waals surface area contributed by atoms with Crippen molar-refractivity contribution in [3.63, 3.8) is 0 Å². The maximum absolute atomic E-state index is 9.68. The van der Waals surface area contributed by atoms with Crippen molar-refractivity contribution in [1.82, 2.24) is 4.98 Å². The van der Waals surface area contributed by atoms with Crippen molar-refractivity contribution < 1.29 is 4.74 Å². The first-order chi connectivity index (χ1) is 11.7. The summed E-state index contributed by atoms with van der Waals surface area (Å²) in [5.41, 5.74) is 10.6. The minimum atomic E-state index is 0.325. The van der Waals surface area contributed by atoms with E-state index < -0.39 is 0 Å². The van der Waals surface area contributed by atoms with Gasteiger partial charge in [0.05, 0.1) is 7.11 Å². The lowest BCUT2D eigenvalue weighted by Gasteiger charge is -2.27. The van der Waals surface area contributed by atoms with Crippen LogP contribution in [-0.2, 0) is 12.8 Å². The molecular weight excluding hydrogens is 298 g/mol. The summed E-state index contributed by atoms with van der Waals surface area (Å²) in [6.45, 7) is 2.22. The van der Waals surface area contributed by atoms with Gasteiger partial charge in [0, 0.05) is 16.8 Å². The quantitative estimate of drug-likeness (QED) is 0.919. The summed E-state index contributed by atoms with van der Waals surface area (Å²) in [5.74, 6) is 1.73. The molecule has 0 saturated heterocycles. The number of hydrogen-bond acceptors (Lipinski definition) is 4. The normalized spacial score (nSPS) is 16.3. The van der Waals surface area contributed by atoms with Gasteiger partial charge < -0.3 is 10.5 Å². The molecule has 1 aromatic heterocycles. The van der Waals surface area contributed by atoms with Crippen LogP contribution in [0.15, 0.2) is 24.3 Å². The zero-order valence-electron chi connectivity index (χ0n) is 14.3. The Labute approximate surface area is 143 Å². The van der Waals surface area contributed by atoms with Crippen LogP contribution in [-0.4, -0.2) is 12.1 Å². The summed E-state index contributed by atoms with van der Waals surface area (Å²) in [5, 5.41) is 9.68. The Kier molecular flexibility index (Phi) is 4.71. The molecule has 0 bridgehead atoms. The third-order valence-electron chi connectivity index (χ3n) is 4.88. The first-order valence-corrected chi connectivity index (χ1v) is 8.54. The Morgan fingerprint density at radius 1 is 1.38 bits per heavy atom. The second kappa shape index (κ2) is 6.92. The summed E-state index contributed by atoms with van der Waals surface area (Å²) in [4.78, 5) is 4.54. The van der Waals surface area contributed by atoms with Crippen LogP contribution in [0.2, 0.25) is 0 Å². The number of hydrogen-bond donors (Lipinski definition) is 1. The van der Waals surface area contributed by atoms with Crippen molar-refractivity contribution in [3.8, 4) is 22.9 Å². The van der Waals surface area contributed by atoms with Gasteiger partial charge in [0.25, 0.3) is 0 Å². The highest BCUT2D eigenvalue weighted by atomic mass is 16.5. The van der Waals surface area contributed by atoms with Crippen LogP contribution in [0.25, 0.3) is 11.1 Å². The minimum absolute atomic E-state index is 0.325. The number of pyridine rings is 1. The molecule has 4 nitrogen and oxygen atoms in total. The number of fused-ring (bicyclic) bond motifs is 1. The predicted octanol–water partition coefficient (Wildman–Crippen LogP) is 4.12. The zero-order valence-corrected chi connectivity index (χ0v) is 14.3. The molecule has 2 aromatic rings. The Bertz CT molecular complexity index is 792. The molecule has 3 rings (SSSR count). The van der Waals surface area contributed by atoms with Crippen LogP contribution < -0.4 is 10.5 Å². The molecule has 0 saturated carbocycles. The molecule has 124 valence electrons. The maximum Gasteiger partial charge on any atom is 0.142 e. The van der Waals surface area contributed by atoms with E-state index in [1.165, 1.54) is 18.4 Å². The summed E-state index contributed by atoms with van der Waals surface area (Å²) in [6, 6.07) is 10.1. The fraction of sp³-hybridized carbons (Fsp3) is 0.400. The van der Waals surface area contributed by atoms with Crippen molar-refractivity contribution in [1.29, 1.82) is 5.26 Å². The fourth-order valence-electron chi connectivity index (χ4n) is 3.77. The fourth-order valence-corrected chi connectivity index (χ4v) is 3.77. The van der Waals surface area contributed by atoms with Crippen molar-refractivity contribution in [2.24, 2.45) is 5.92 Å². The second-order valence-corrected chi connectivity index (χ2v) is 6.38. The lowest BCUT2D eigenvalue weighted by Crippen LogP contribution is -2.18. The smallest absolute Gasteiger partial charge is 0.142 e. The number of ether oxygens (including phenoxy) is 1. The van der Waals surface area contributed by atoms with Crippen LogP contribution in [0.5, 0.6) is 5.75 Å². The van der Waals surface area contributed by atoms with Gasteiger partial charge in [0.15, 0.2) is 0 Å². The van der Waals surface area contributed by atoms with Gasteiger partial charge in [-0.15, -0.1) is 0 Å². The highest BCUT2D eigenvalue weighted by Crippen LogP contribution is 2.41. The van der Waals surface area contributed by atoms with Gasteiger partial charge in [0.2, 0.25) is 0 Å². The first kappa shape index (κ1) is 16.3. The van der Waals surface area contributed by atoms with E-state index in [0.29, 0.717) is 17.3 Å². The number of aryl methyl sites for hydroxylation is 1. The van der Waals surface area contributed by atoms with Crippen molar-refractivity contribution in [2.75, 3.05) is 12.8 Å². The number of nitrogen functional groups attached to an aromatic ring is 1. The zero-order chi connectivity index (χ0) is 17.1. The molecule has 1 unspecified atom stereocenters. The topological polar surface area (TPSA) is 71.9 Å². The van der Waals surface area contributed by atoms with Crippen LogP contribution in [0.4, 0.5) is 5.82 Å². The Morgan fingerprint density at radius 3 is 2.88 bits per heavy atom. The lowest BCUT2D eigenvalue weighted by molar-refractivity contribution is 0.414. The number of nitrogens with two attached hydrogens (primary N) is 1. The maximum atomic E-state index is 9.68. The first-order valence-electron chi connectivity index (χ1n) is 8.54. The predicted molar refractivity (Wildman–Crippen MR) is 95.8 cm³/mol. The van der Waals surface area contributed by atoms with E-state index in [-0.39, 0.29) is 0 Å². The van der Waals surface area contributed by atoms with Crippen LogP contribution in [0.3, 0.4) is 0 Å². The summed E-state index contributed by atoms with van der Waals surface area (Å²) >= 11 is 0. The van der Waals surface area contributed by atoms with Gasteiger partial charge in [-0.05, 0) is 36.8 Å². The van der Waals surface area contributed by atoms with Gasteiger partial charge in [-0.1, -0.05) is 38.0 Å². The molecule has 1 aliphatic carbocycles. The lowest BCUT2D eigenvalue weighted by atomic mass is 9.79. The van der Waals surface area contributed by atoms with Gasteiger partial charge in [-0.25, -0.2) is 4.98 Å². The molecule has 1 aliphatic rings. The standard InChI is InChI=1S/C20H23N3O/c1-3-6-13-9-10-17-15(11-13)19(16(12-21)20(22)23-17)14-7-4-5-8-18(14)24-2/h4-5,7-8,13H,3,6,9-11H2,1-2H3,(H2,22,23). The second-order valence-electron chi connectivity index (χ2n) is 6.38. The summed E-state index contributed by atoms with van der Waals surface area (Å²) in [7, 11) is 1.65. The SMILES string of the molecule is CCCC1CCc2nc(N)c(C#N)c(-c3ccccc3OC)c2C1. The van der Waals surface area contributed by atoms with Crippen molar-refractivity contribution >= 4 is 5.82 Å². The third-order valence-corrected chi connectivity index (χ3v) is 4.88. The van der Waals surface area contributed by atoms with E-state index in [4.69, 9.17) is 10.5 Å². The number of nitrogens with zero attached hydrogens (tertiary/aromatic N) is 2. The molecule has 0 aliphatic heterocycles. The van der Waals surface area contributed by atoms with Crippen LogP contribution in [0.1, 0.15) is 43.0 Å². The minimum Gasteiger partial charge on any atom is -0.496 e. The molecule has 1 aromatic carbocycles. The molecular formula is C20H23N3O. The number of anilines is 1. The average molecular weight is 321 g/mol. The van der Waals surface area contributed by atoms with Gasteiger partial charge in [0.1, 0.15) is 23.2 Å². The Balaban J connectivity index is 2.24. The number of methoxy groups -OCH3 is 1. The number of aromatic nitrogens is 1. The van der Waals surface area contributed by atoms with Gasteiger partial charge in [-0.3, -0.25) is 0 Å². The summed E-state index contributed by atoms with van der Waals surface area (Å²) < 4.78 is 5.53. The Hall–Kier alpha value is -2.54. The molecule has 0 fully saturated rings. The van der Waals surface area contributed by atoms with E-state index in [2.05, 4.69) is 18.0 Å². The molecule has 24 heavy (non-hydrogen) atoms. The van der Waals surface area contributed by atoms with E-state index in [1.807, 2.05) is 24.3 Å². The van der Waals surface area contributed by atoms with Crippen molar-refractivity contribution in [3.05, 3.63) is 41.1 Å². The third kappa shape index (κ3) is 2.82. The van der Waals surface area contributed by atoms with E-state index in [0.717, 1.165) is 41.8 Å². The Morgan fingerprint density at radius 2 is 2.17 bits per heavy atom. The molecule has 0 spiro atoms. The monoisotopic (exact) mass is 321 g/mol. The molecule has 0 amide bonds. The average Bonchev–Trinajstić information content (AvgIpc) is 2.61. The van der Waals surface area contributed by atoms with E-state index in [9.17, 15) is 5.26 Å². The number of para-hydroxylation sites is 1.